The van der Waals surface area contributed by atoms with Gasteiger partial charge in [-0.3, -0.25) is 4.79 Å². The molecule has 212 valence electrons. The molecule has 6 rings (SSSR count). The average Bonchev–Trinajstić information content (AvgIpc) is 3.53. The van der Waals surface area contributed by atoms with E-state index >= 15 is 4.39 Å². The van der Waals surface area contributed by atoms with Gasteiger partial charge in [-0.2, -0.15) is 0 Å². The summed E-state index contributed by atoms with van der Waals surface area (Å²) < 4.78 is 61.2. The lowest BCUT2D eigenvalue weighted by Gasteiger charge is -2.44. The van der Waals surface area contributed by atoms with Gasteiger partial charge >= 0.3 is 0 Å². The van der Waals surface area contributed by atoms with Crippen LogP contribution in [0.5, 0.6) is 5.75 Å². The molecule has 40 heavy (non-hydrogen) atoms. The number of hydrogen-bond donors (Lipinski definition) is 2. The highest BCUT2D eigenvalue weighted by atomic mass is 19.3. The molecule has 1 aromatic heterocycles. The molecular formula is C29H31F4N5O2. The molecule has 2 N–H and O–H groups in total. The maximum Gasteiger partial charge on any atom is 0.266 e. The second kappa shape index (κ2) is 9.87. The number of carbonyl (C=O) groups is 1. The Hall–Kier alpha value is -3.47. The highest BCUT2D eigenvalue weighted by Gasteiger charge is 2.49. The van der Waals surface area contributed by atoms with E-state index in [1.165, 1.54) is 12.1 Å². The van der Waals surface area contributed by atoms with Crippen LogP contribution in [0.25, 0.3) is 10.9 Å². The minimum absolute atomic E-state index is 0.122. The normalized spacial score (nSPS) is 22.5. The molecular weight excluding hydrogens is 526 g/mol. The number of likely N-dealkylation sites (tertiary alicyclic amines) is 1. The van der Waals surface area contributed by atoms with Gasteiger partial charge in [0.2, 0.25) is 0 Å². The van der Waals surface area contributed by atoms with Crippen LogP contribution < -0.4 is 15.4 Å². The first-order valence-corrected chi connectivity index (χ1v) is 13.6. The van der Waals surface area contributed by atoms with Crippen LogP contribution in [-0.4, -0.2) is 46.6 Å². The highest BCUT2D eigenvalue weighted by Crippen LogP contribution is 2.52. The third-order valence-electron chi connectivity index (χ3n) is 8.60. The summed E-state index contributed by atoms with van der Waals surface area (Å²) in [6.45, 7) is 5.82. The standard InChI is InChI=1S/C29H31F4N5O2/c1-14-11-29(8-9-38(14)21(39)12-30)23-20(13-34-29)22-25(19-7-10-40-26(19)23)36-16(3)37-28(22)35-15(2)17-5-4-6-18(24(17)31)27(32)33/h4-6,14-15,27,34H,7-13H2,1-3H3,(H,35,36,37)/t14-,15-,29-/m1/s1. The van der Waals surface area contributed by atoms with Crippen LogP contribution in [0, 0.1) is 12.7 Å². The van der Waals surface area contributed by atoms with E-state index in [1.54, 1.807) is 18.7 Å². The van der Waals surface area contributed by atoms with E-state index in [0.29, 0.717) is 50.6 Å². The molecule has 1 spiro atoms. The number of fused-ring (bicyclic) bond motifs is 7. The van der Waals surface area contributed by atoms with Crippen LogP contribution in [0.15, 0.2) is 18.2 Å². The largest absolute Gasteiger partial charge is 0.492 e. The number of hydrogen-bond acceptors (Lipinski definition) is 6. The van der Waals surface area contributed by atoms with Gasteiger partial charge in [0.25, 0.3) is 12.3 Å². The lowest BCUT2D eigenvalue weighted by Crippen LogP contribution is -2.54. The number of nitrogens with zero attached hydrogens (tertiary/aromatic N) is 3. The van der Waals surface area contributed by atoms with Crippen LogP contribution in [0.1, 0.15) is 72.8 Å². The summed E-state index contributed by atoms with van der Waals surface area (Å²) in [5, 5.41) is 7.78. The first kappa shape index (κ1) is 26.7. The van der Waals surface area contributed by atoms with Gasteiger partial charge in [0.1, 0.15) is 23.2 Å². The highest BCUT2D eigenvalue weighted by molar-refractivity contribution is 5.98. The van der Waals surface area contributed by atoms with E-state index in [1.807, 2.05) is 6.92 Å². The monoisotopic (exact) mass is 557 g/mol. The SMILES string of the molecule is Cc1nc(N[C@H](C)c2cccc(C(F)F)c2F)c2c3c(c4c(c2n1)CCO4)[C@]1(CCN(C(=O)CF)[C@H](C)C1)NC3. The molecule has 1 fully saturated rings. The van der Waals surface area contributed by atoms with Crippen molar-refractivity contribution in [3.63, 3.8) is 0 Å². The van der Waals surface area contributed by atoms with Gasteiger partial charge in [0, 0.05) is 47.6 Å². The summed E-state index contributed by atoms with van der Waals surface area (Å²) in [5.74, 6) is 0.382. The van der Waals surface area contributed by atoms with E-state index in [-0.39, 0.29) is 11.6 Å². The van der Waals surface area contributed by atoms with Crippen molar-refractivity contribution in [1.82, 2.24) is 20.2 Å². The second-order valence-corrected chi connectivity index (χ2v) is 11.0. The van der Waals surface area contributed by atoms with Gasteiger partial charge in [0.15, 0.2) is 6.67 Å². The van der Waals surface area contributed by atoms with E-state index in [9.17, 15) is 18.0 Å². The quantitative estimate of drug-likeness (QED) is 0.409. The number of benzene rings is 2. The number of alkyl halides is 3. The predicted molar refractivity (Wildman–Crippen MR) is 142 cm³/mol. The Labute approximate surface area is 229 Å². The summed E-state index contributed by atoms with van der Waals surface area (Å²) in [5.41, 5.74) is 2.72. The third-order valence-corrected chi connectivity index (χ3v) is 8.60. The van der Waals surface area contributed by atoms with Gasteiger partial charge in [-0.25, -0.2) is 27.5 Å². The molecule has 1 amide bonds. The summed E-state index contributed by atoms with van der Waals surface area (Å²) in [6, 6.07) is 3.18. The first-order chi connectivity index (χ1) is 19.1. The van der Waals surface area contributed by atoms with Crippen molar-refractivity contribution in [2.24, 2.45) is 0 Å². The fourth-order valence-corrected chi connectivity index (χ4v) is 6.81. The molecule has 0 unspecified atom stereocenters. The molecule has 0 bridgehead atoms. The minimum Gasteiger partial charge on any atom is -0.492 e. The number of halogens is 4. The van der Waals surface area contributed by atoms with Gasteiger partial charge in [-0.05, 0) is 39.2 Å². The number of anilines is 1. The van der Waals surface area contributed by atoms with Gasteiger partial charge in [0.05, 0.1) is 29.3 Å². The zero-order valence-corrected chi connectivity index (χ0v) is 22.6. The van der Waals surface area contributed by atoms with Gasteiger partial charge in [-0.15, -0.1) is 0 Å². The number of rotatable bonds is 5. The molecule has 3 aromatic rings. The molecule has 0 radical (unpaired) electrons. The minimum atomic E-state index is -2.92. The Morgan fingerprint density at radius 1 is 1.27 bits per heavy atom. The van der Waals surface area contributed by atoms with Crippen LogP contribution >= 0.6 is 0 Å². The Morgan fingerprint density at radius 3 is 2.77 bits per heavy atom. The number of piperidine rings is 1. The summed E-state index contributed by atoms with van der Waals surface area (Å²) in [6.07, 6.45) is -1.08. The maximum atomic E-state index is 15.0. The van der Waals surface area contributed by atoms with E-state index in [0.717, 1.165) is 39.4 Å². The maximum absolute atomic E-state index is 15.0. The Balaban J connectivity index is 1.47. The number of carbonyl (C=O) groups excluding carboxylic acids is 1. The van der Waals surface area contributed by atoms with E-state index in [2.05, 4.69) is 10.6 Å². The van der Waals surface area contributed by atoms with Crippen molar-refractivity contribution in [2.75, 3.05) is 25.1 Å². The van der Waals surface area contributed by atoms with Crippen molar-refractivity contribution in [1.29, 1.82) is 0 Å². The van der Waals surface area contributed by atoms with Crippen LogP contribution in [-0.2, 0) is 23.3 Å². The van der Waals surface area contributed by atoms with Crippen molar-refractivity contribution in [3.8, 4) is 5.75 Å². The zero-order chi connectivity index (χ0) is 28.3. The van der Waals surface area contributed by atoms with Crippen LogP contribution in [0.2, 0.25) is 0 Å². The molecule has 11 heteroatoms. The summed E-state index contributed by atoms with van der Waals surface area (Å²) in [4.78, 5) is 23.3. The lowest BCUT2D eigenvalue weighted by atomic mass is 9.77. The fraction of sp³-hybridized carbons (Fsp3) is 0.483. The zero-order valence-electron chi connectivity index (χ0n) is 22.6. The van der Waals surface area contributed by atoms with E-state index < -0.39 is 42.0 Å². The molecule has 4 heterocycles. The molecule has 3 atom stereocenters. The predicted octanol–water partition coefficient (Wildman–Crippen LogP) is 5.40. The number of aromatic nitrogens is 2. The van der Waals surface area contributed by atoms with Gasteiger partial charge < -0.3 is 20.3 Å². The number of amides is 1. The Morgan fingerprint density at radius 2 is 2.05 bits per heavy atom. The summed E-state index contributed by atoms with van der Waals surface area (Å²) >= 11 is 0. The van der Waals surface area contributed by atoms with Crippen molar-refractivity contribution < 1.29 is 27.1 Å². The van der Waals surface area contributed by atoms with Crippen molar-refractivity contribution >= 4 is 22.6 Å². The number of nitrogens with one attached hydrogen (secondary N) is 2. The van der Waals surface area contributed by atoms with Crippen LogP contribution in [0.4, 0.5) is 23.4 Å². The smallest absolute Gasteiger partial charge is 0.266 e. The lowest BCUT2D eigenvalue weighted by molar-refractivity contribution is -0.136. The first-order valence-electron chi connectivity index (χ1n) is 13.6. The second-order valence-electron chi connectivity index (χ2n) is 11.0. The number of ether oxygens (including phenoxy) is 1. The van der Waals surface area contributed by atoms with Crippen LogP contribution in [0.3, 0.4) is 0 Å². The topological polar surface area (TPSA) is 79.4 Å². The summed E-state index contributed by atoms with van der Waals surface area (Å²) in [7, 11) is 0. The molecule has 7 nitrogen and oxygen atoms in total. The van der Waals surface area contributed by atoms with Crippen molar-refractivity contribution in [2.45, 2.75) is 70.6 Å². The van der Waals surface area contributed by atoms with Gasteiger partial charge in [-0.1, -0.05) is 18.2 Å². The molecule has 1 saturated heterocycles. The Bertz CT molecular complexity index is 1520. The molecule has 2 aromatic carbocycles. The van der Waals surface area contributed by atoms with Crippen molar-refractivity contribution in [3.05, 3.63) is 57.7 Å². The molecule has 0 saturated carbocycles. The molecule has 0 aliphatic carbocycles. The average molecular weight is 558 g/mol. The van der Waals surface area contributed by atoms with E-state index in [4.69, 9.17) is 14.7 Å². The molecule has 3 aliphatic heterocycles. The fourth-order valence-electron chi connectivity index (χ4n) is 6.81. The molecule has 3 aliphatic rings. The third kappa shape index (κ3) is 4.08. The number of aryl methyl sites for hydroxylation is 1. The Kier molecular flexibility index (Phi) is 6.59.